The van der Waals surface area contributed by atoms with Crippen LogP contribution in [0.5, 0.6) is 0 Å². The first-order valence-corrected chi connectivity index (χ1v) is 5.39. The monoisotopic (exact) mass is 265 g/mol. The van der Waals surface area contributed by atoms with Crippen LogP contribution in [0, 0.1) is 32.7 Å². The summed E-state index contributed by atoms with van der Waals surface area (Å²) in [6.45, 7) is 3.31. The van der Waals surface area contributed by atoms with E-state index in [1.165, 1.54) is 0 Å². The largest absolute Gasteiger partial charge is 0.350 e. The van der Waals surface area contributed by atoms with Gasteiger partial charge in [0.25, 0.3) is 11.6 Å². The Morgan fingerprint density at radius 2 is 2.16 bits per heavy atom. The molecule has 0 atom stereocenters. The number of nitriles is 1. The number of nitro benzene ring substituents is 1. The number of carbonyl (C=O) groups is 1. The highest BCUT2D eigenvalue weighted by atomic mass is 19.1. The predicted molar refractivity (Wildman–Crippen MR) is 64.8 cm³/mol. The second-order valence-corrected chi connectivity index (χ2v) is 4.63. The number of nitrogens with zero attached hydrogens (tertiary/aromatic N) is 2. The van der Waals surface area contributed by atoms with Gasteiger partial charge in [0, 0.05) is 18.2 Å². The summed E-state index contributed by atoms with van der Waals surface area (Å²) in [6.07, 6.45) is 0. The van der Waals surface area contributed by atoms with Gasteiger partial charge in [-0.3, -0.25) is 14.9 Å². The molecule has 1 aromatic rings. The lowest BCUT2D eigenvalue weighted by Crippen LogP contribution is -2.33. The van der Waals surface area contributed by atoms with Gasteiger partial charge in [-0.25, -0.2) is 4.39 Å². The van der Waals surface area contributed by atoms with Crippen LogP contribution in [0.1, 0.15) is 24.2 Å². The Morgan fingerprint density at radius 1 is 1.53 bits per heavy atom. The summed E-state index contributed by atoms with van der Waals surface area (Å²) in [5.74, 6) is -1.52. The molecule has 0 bridgehead atoms. The molecule has 0 unspecified atom stereocenters. The average Bonchev–Trinajstić information content (AvgIpc) is 2.35. The number of non-ortho nitro benzene ring substituents is 1. The lowest BCUT2D eigenvalue weighted by molar-refractivity contribution is -0.385. The number of hydrogen-bond donors (Lipinski definition) is 1. The molecule has 0 aromatic heterocycles. The summed E-state index contributed by atoms with van der Waals surface area (Å²) in [4.78, 5) is 21.5. The van der Waals surface area contributed by atoms with Crippen LogP contribution in [-0.4, -0.2) is 17.4 Å². The fourth-order valence-electron chi connectivity index (χ4n) is 1.25. The van der Waals surface area contributed by atoms with Gasteiger partial charge in [-0.1, -0.05) is 0 Å². The molecule has 0 aliphatic rings. The molecule has 0 saturated carbocycles. The Kier molecular flexibility index (Phi) is 4.17. The Hall–Kier alpha value is -2.49. The first-order chi connectivity index (χ1) is 8.75. The minimum absolute atomic E-state index is 0.0621. The number of amides is 1. The normalized spacial score (nSPS) is 10.6. The van der Waals surface area contributed by atoms with Crippen LogP contribution in [0.2, 0.25) is 0 Å². The third-order valence-electron chi connectivity index (χ3n) is 2.35. The zero-order chi connectivity index (χ0) is 14.6. The van der Waals surface area contributed by atoms with Gasteiger partial charge >= 0.3 is 0 Å². The van der Waals surface area contributed by atoms with Crippen molar-refractivity contribution < 1.29 is 14.1 Å². The molecule has 0 radical (unpaired) electrons. The van der Waals surface area contributed by atoms with E-state index in [-0.39, 0.29) is 12.1 Å². The highest BCUT2D eigenvalue weighted by Gasteiger charge is 2.20. The predicted octanol–water partition coefficient (Wildman–Crippen LogP) is 2.01. The molecule has 1 aromatic carbocycles. The summed E-state index contributed by atoms with van der Waals surface area (Å²) in [6, 6.07) is 4.61. The molecule has 1 rings (SSSR count). The summed E-state index contributed by atoms with van der Waals surface area (Å²) in [7, 11) is 0. The number of hydrogen-bond acceptors (Lipinski definition) is 4. The Balaban J connectivity index is 2.89. The van der Waals surface area contributed by atoms with E-state index in [9.17, 15) is 19.3 Å². The van der Waals surface area contributed by atoms with Gasteiger partial charge in [0.05, 0.1) is 22.5 Å². The lowest BCUT2D eigenvalue weighted by atomic mass is 9.96. The third-order valence-corrected chi connectivity index (χ3v) is 2.35. The molecule has 7 heteroatoms. The molecular formula is C12H12FN3O3. The van der Waals surface area contributed by atoms with E-state index < -0.39 is 27.8 Å². The first kappa shape index (κ1) is 14.6. The van der Waals surface area contributed by atoms with Crippen LogP contribution < -0.4 is 5.32 Å². The summed E-state index contributed by atoms with van der Waals surface area (Å²) >= 11 is 0. The Labute approximate surface area is 109 Å². The maximum atomic E-state index is 13.2. The van der Waals surface area contributed by atoms with Crippen molar-refractivity contribution in [2.24, 2.45) is 5.41 Å². The van der Waals surface area contributed by atoms with E-state index in [4.69, 9.17) is 5.26 Å². The molecule has 1 amide bonds. The Morgan fingerprint density at radius 3 is 2.68 bits per heavy atom. The molecule has 19 heavy (non-hydrogen) atoms. The van der Waals surface area contributed by atoms with Crippen molar-refractivity contribution in [2.75, 3.05) is 6.54 Å². The smallest absolute Gasteiger partial charge is 0.273 e. The van der Waals surface area contributed by atoms with E-state index in [1.807, 2.05) is 6.07 Å². The van der Waals surface area contributed by atoms with E-state index in [2.05, 4.69) is 5.32 Å². The van der Waals surface area contributed by atoms with Crippen LogP contribution in [0.25, 0.3) is 0 Å². The number of halogens is 1. The van der Waals surface area contributed by atoms with Gasteiger partial charge in [0.1, 0.15) is 5.82 Å². The van der Waals surface area contributed by atoms with Crippen LogP contribution in [0.15, 0.2) is 18.2 Å². The number of rotatable bonds is 4. The molecule has 0 aliphatic carbocycles. The number of nitrogens with one attached hydrogen (secondary N) is 1. The van der Waals surface area contributed by atoms with Crippen LogP contribution in [0.4, 0.5) is 10.1 Å². The van der Waals surface area contributed by atoms with Crippen LogP contribution in [-0.2, 0) is 0 Å². The Bertz CT molecular complexity index is 564. The second-order valence-electron chi connectivity index (χ2n) is 4.63. The third kappa shape index (κ3) is 4.03. The lowest BCUT2D eigenvalue weighted by Gasteiger charge is -2.15. The van der Waals surface area contributed by atoms with Crippen molar-refractivity contribution in [3.8, 4) is 6.07 Å². The van der Waals surface area contributed by atoms with Gasteiger partial charge in [-0.15, -0.1) is 0 Å². The van der Waals surface area contributed by atoms with E-state index in [1.54, 1.807) is 13.8 Å². The molecule has 0 heterocycles. The van der Waals surface area contributed by atoms with Gasteiger partial charge in [0.2, 0.25) is 0 Å². The van der Waals surface area contributed by atoms with E-state index in [0.717, 1.165) is 18.2 Å². The minimum atomic E-state index is -0.862. The first-order valence-electron chi connectivity index (χ1n) is 5.39. The molecule has 0 spiro atoms. The van der Waals surface area contributed by atoms with Crippen molar-refractivity contribution in [3.05, 3.63) is 39.7 Å². The molecule has 0 fully saturated rings. The standard InChI is InChI=1S/C12H12FN3O3/c1-12(2,6-14)7-15-11(17)8-3-9(13)5-10(4-8)16(18)19/h3-5H,7H2,1-2H3,(H,15,17). The van der Waals surface area contributed by atoms with E-state index >= 15 is 0 Å². The highest BCUT2D eigenvalue weighted by molar-refractivity contribution is 5.94. The maximum absolute atomic E-state index is 13.2. The number of nitro groups is 1. The molecule has 1 N–H and O–H groups in total. The van der Waals surface area contributed by atoms with Crippen LogP contribution in [0.3, 0.4) is 0 Å². The average molecular weight is 265 g/mol. The van der Waals surface area contributed by atoms with Gasteiger partial charge in [0.15, 0.2) is 0 Å². The minimum Gasteiger partial charge on any atom is -0.350 e. The van der Waals surface area contributed by atoms with Crippen molar-refractivity contribution in [1.29, 1.82) is 5.26 Å². The maximum Gasteiger partial charge on any atom is 0.273 e. The molecular weight excluding hydrogens is 253 g/mol. The number of carbonyl (C=O) groups excluding carboxylic acids is 1. The zero-order valence-corrected chi connectivity index (χ0v) is 10.4. The van der Waals surface area contributed by atoms with E-state index in [0.29, 0.717) is 0 Å². The summed E-state index contributed by atoms with van der Waals surface area (Å²) in [5, 5.41) is 21.8. The fraction of sp³-hybridized carbons (Fsp3) is 0.333. The van der Waals surface area contributed by atoms with Gasteiger partial charge < -0.3 is 5.32 Å². The molecule has 6 nitrogen and oxygen atoms in total. The highest BCUT2D eigenvalue weighted by Crippen LogP contribution is 2.17. The molecule has 0 saturated heterocycles. The molecule has 100 valence electrons. The van der Waals surface area contributed by atoms with Gasteiger partial charge in [-0.05, 0) is 19.9 Å². The van der Waals surface area contributed by atoms with Crippen LogP contribution >= 0.6 is 0 Å². The second kappa shape index (κ2) is 5.44. The number of benzene rings is 1. The summed E-state index contributed by atoms with van der Waals surface area (Å²) in [5.41, 5.74) is -1.42. The topological polar surface area (TPSA) is 96.0 Å². The van der Waals surface area contributed by atoms with Crippen molar-refractivity contribution >= 4 is 11.6 Å². The van der Waals surface area contributed by atoms with Crippen molar-refractivity contribution in [3.63, 3.8) is 0 Å². The fourth-order valence-corrected chi connectivity index (χ4v) is 1.25. The quantitative estimate of drug-likeness (QED) is 0.665. The zero-order valence-electron chi connectivity index (χ0n) is 10.4. The van der Waals surface area contributed by atoms with Crippen molar-refractivity contribution in [1.82, 2.24) is 5.32 Å². The summed E-state index contributed by atoms with van der Waals surface area (Å²) < 4.78 is 13.2. The van der Waals surface area contributed by atoms with Crippen molar-refractivity contribution in [2.45, 2.75) is 13.8 Å². The SMILES string of the molecule is CC(C)(C#N)CNC(=O)c1cc(F)cc([N+](=O)[O-])c1. The molecule has 0 aliphatic heterocycles. The van der Waals surface area contributed by atoms with Gasteiger partial charge in [-0.2, -0.15) is 5.26 Å².